The lowest BCUT2D eigenvalue weighted by atomic mass is 9.97. The molecule has 0 unspecified atom stereocenters. The third-order valence-corrected chi connectivity index (χ3v) is 4.64. The van der Waals surface area contributed by atoms with Gasteiger partial charge in [0.2, 0.25) is 11.9 Å². The Kier molecular flexibility index (Phi) is 8.61. The molecule has 0 fully saturated rings. The van der Waals surface area contributed by atoms with Gasteiger partial charge < -0.3 is 15.5 Å². The Morgan fingerprint density at radius 2 is 1.90 bits per heavy atom. The van der Waals surface area contributed by atoms with Crippen LogP contribution in [0.4, 0.5) is 10.3 Å². The zero-order valence-corrected chi connectivity index (χ0v) is 18.2. The monoisotopic (exact) mass is 431 g/mol. The van der Waals surface area contributed by atoms with E-state index in [1.54, 1.807) is 25.3 Å². The summed E-state index contributed by atoms with van der Waals surface area (Å²) in [5.41, 5.74) is 2.57. The number of rotatable bonds is 9. The van der Waals surface area contributed by atoms with Crippen LogP contribution in [-0.2, 0) is 4.79 Å². The minimum Gasteiger partial charge on any atom is -0.392 e. The fourth-order valence-corrected chi connectivity index (χ4v) is 3.03. The highest BCUT2D eigenvalue weighted by Gasteiger charge is 2.19. The fourth-order valence-electron chi connectivity index (χ4n) is 3.03. The van der Waals surface area contributed by atoms with Gasteiger partial charge in [-0.1, -0.05) is 26.0 Å². The van der Waals surface area contributed by atoms with Crippen LogP contribution in [0.25, 0.3) is 17.3 Å². The summed E-state index contributed by atoms with van der Waals surface area (Å²) in [7, 11) is 3.11. The summed E-state index contributed by atoms with van der Waals surface area (Å²) in [6, 6.07) is 5.91. The van der Waals surface area contributed by atoms with Crippen LogP contribution in [0.15, 0.2) is 30.3 Å². The number of carbonyl (C=O) groups excluding carboxylic acids is 1. The smallest absolute Gasteiger partial charge is 0.240 e. The highest BCUT2D eigenvalue weighted by atomic mass is 19.1. The second-order valence-corrected chi connectivity index (χ2v) is 7.64. The largest absolute Gasteiger partial charge is 0.392 e. The number of hydrogen-bond donors (Lipinski definition) is 4. The molecule has 0 saturated carbocycles. The van der Waals surface area contributed by atoms with Crippen molar-refractivity contribution in [1.82, 2.24) is 15.3 Å². The van der Waals surface area contributed by atoms with Crippen LogP contribution in [0.1, 0.15) is 43.9 Å². The molecule has 0 aliphatic rings. The lowest BCUT2D eigenvalue weighted by molar-refractivity contribution is -0.122. The second-order valence-electron chi connectivity index (χ2n) is 7.64. The lowest BCUT2D eigenvalue weighted by Crippen LogP contribution is -2.28. The maximum Gasteiger partial charge on any atom is 0.240 e. The van der Waals surface area contributed by atoms with Crippen LogP contribution in [-0.4, -0.2) is 52.4 Å². The number of hydrogen-bond acceptors (Lipinski definition) is 7. The first-order chi connectivity index (χ1) is 14.6. The first-order valence-electron chi connectivity index (χ1n) is 10.0. The molecule has 9 heteroatoms. The molecular weight excluding hydrogens is 401 g/mol. The predicted molar refractivity (Wildman–Crippen MR) is 118 cm³/mol. The molecule has 2 rings (SSSR count). The van der Waals surface area contributed by atoms with Crippen molar-refractivity contribution < 1.29 is 19.4 Å². The molecule has 8 nitrogen and oxygen atoms in total. The number of aromatic nitrogens is 2. The van der Waals surface area contributed by atoms with Gasteiger partial charge in [-0.15, -0.1) is 0 Å². The van der Waals surface area contributed by atoms with Crippen LogP contribution in [0, 0.1) is 5.82 Å². The van der Waals surface area contributed by atoms with Crippen molar-refractivity contribution in [1.29, 1.82) is 0 Å². The van der Waals surface area contributed by atoms with Crippen LogP contribution in [0.2, 0.25) is 0 Å². The zero-order valence-electron chi connectivity index (χ0n) is 18.2. The minimum absolute atomic E-state index is 0.00269. The van der Waals surface area contributed by atoms with Crippen LogP contribution in [0.5, 0.6) is 0 Å². The number of benzene rings is 1. The molecule has 0 radical (unpaired) electrons. The van der Waals surface area contributed by atoms with Crippen LogP contribution < -0.4 is 16.2 Å². The van der Waals surface area contributed by atoms with Crippen molar-refractivity contribution in [3.8, 4) is 11.3 Å². The highest BCUT2D eigenvalue weighted by Crippen LogP contribution is 2.31. The van der Waals surface area contributed by atoms with Crippen LogP contribution >= 0.6 is 0 Å². The number of nitrogens with two attached hydrogens (primary N) is 1. The van der Waals surface area contributed by atoms with E-state index < -0.39 is 12.2 Å². The molecule has 2 atom stereocenters. The van der Waals surface area contributed by atoms with Crippen molar-refractivity contribution in [3.05, 3.63) is 47.4 Å². The summed E-state index contributed by atoms with van der Waals surface area (Å²) in [5.74, 6) is 5.51. The van der Waals surface area contributed by atoms with Gasteiger partial charge in [-0.3, -0.25) is 9.80 Å². The molecule has 2 aromatic rings. The number of anilines is 1. The van der Waals surface area contributed by atoms with Crippen molar-refractivity contribution in [2.75, 3.05) is 19.1 Å². The van der Waals surface area contributed by atoms with E-state index in [0.29, 0.717) is 28.5 Å². The topological polar surface area (TPSA) is 125 Å². The number of hydrazine groups is 1. The van der Waals surface area contributed by atoms with Crippen LogP contribution in [0.3, 0.4) is 0 Å². The van der Waals surface area contributed by atoms with Gasteiger partial charge in [-0.05, 0) is 30.2 Å². The third-order valence-electron chi connectivity index (χ3n) is 4.64. The van der Waals surface area contributed by atoms with E-state index in [1.807, 2.05) is 13.8 Å². The predicted octanol–water partition coefficient (Wildman–Crippen LogP) is 1.98. The van der Waals surface area contributed by atoms with E-state index in [9.17, 15) is 19.4 Å². The Morgan fingerprint density at radius 1 is 1.26 bits per heavy atom. The normalized spacial score (nSPS) is 13.5. The maximum atomic E-state index is 13.4. The molecule has 0 spiro atoms. The zero-order chi connectivity index (χ0) is 23.1. The van der Waals surface area contributed by atoms with Gasteiger partial charge in [-0.2, -0.15) is 0 Å². The van der Waals surface area contributed by atoms with E-state index >= 15 is 0 Å². The third kappa shape index (κ3) is 6.81. The molecule has 31 heavy (non-hydrogen) atoms. The molecule has 1 amide bonds. The van der Waals surface area contributed by atoms with E-state index in [4.69, 9.17) is 5.84 Å². The lowest BCUT2D eigenvalue weighted by Gasteiger charge is -2.19. The Balaban J connectivity index is 2.45. The fraction of sp³-hybridized carbons (Fsp3) is 0.409. The van der Waals surface area contributed by atoms with Gasteiger partial charge >= 0.3 is 0 Å². The van der Waals surface area contributed by atoms with Gasteiger partial charge in [0.15, 0.2) is 0 Å². The minimum atomic E-state index is -0.988. The van der Waals surface area contributed by atoms with Crippen molar-refractivity contribution in [2.45, 2.75) is 44.8 Å². The van der Waals surface area contributed by atoms with Crippen molar-refractivity contribution in [2.24, 2.45) is 5.84 Å². The molecule has 0 aliphatic heterocycles. The average molecular weight is 432 g/mol. The average Bonchev–Trinajstić information content (AvgIpc) is 2.71. The van der Waals surface area contributed by atoms with Gasteiger partial charge in [0.05, 0.1) is 30.0 Å². The second kappa shape index (κ2) is 10.9. The number of aliphatic hydroxyl groups is 2. The first-order valence-corrected chi connectivity index (χ1v) is 10.0. The molecule has 1 aromatic heterocycles. The molecule has 168 valence electrons. The molecule has 0 saturated heterocycles. The van der Waals surface area contributed by atoms with Gasteiger partial charge in [0, 0.05) is 31.6 Å². The number of halogens is 1. The van der Waals surface area contributed by atoms with E-state index in [0.717, 1.165) is 0 Å². The standard InChI is InChI=1S/C22H30FN5O3/c1-13(2)20-18(10-9-16(29)11-17(30)12-19(31)25-3)21(27-22(26-20)28(4)24)14-5-7-15(23)8-6-14/h5-10,13,16-17,29-30H,11-12,24H2,1-4H3,(H,25,31)/b10-9+/t16-,17-/m1/s1. The first kappa shape index (κ1) is 24.4. The molecule has 0 aliphatic carbocycles. The van der Waals surface area contributed by atoms with E-state index in [1.165, 1.54) is 30.3 Å². The summed E-state index contributed by atoms with van der Waals surface area (Å²) in [4.78, 5) is 20.5. The maximum absolute atomic E-state index is 13.4. The quantitative estimate of drug-likeness (QED) is 0.353. The Morgan fingerprint density at radius 3 is 2.45 bits per heavy atom. The number of nitrogens with zero attached hydrogens (tertiary/aromatic N) is 3. The summed E-state index contributed by atoms with van der Waals surface area (Å²) in [5, 5.41) is 24.1. The number of amides is 1. The highest BCUT2D eigenvalue weighted by molar-refractivity contribution is 5.76. The van der Waals surface area contributed by atoms with E-state index in [2.05, 4.69) is 15.3 Å². The molecule has 0 bridgehead atoms. The Hall–Kier alpha value is -2.88. The van der Waals surface area contributed by atoms with Gasteiger partial charge in [-0.25, -0.2) is 20.2 Å². The van der Waals surface area contributed by atoms with Gasteiger partial charge in [0.1, 0.15) is 5.82 Å². The van der Waals surface area contributed by atoms with Crippen molar-refractivity contribution >= 4 is 17.9 Å². The SMILES string of the molecule is CNC(=O)C[C@H](O)C[C@H](O)/C=C/c1c(-c2ccc(F)cc2)nc(N(C)N)nc1C(C)C. The number of nitrogens with one attached hydrogen (secondary N) is 1. The molecule has 1 heterocycles. The molecule has 5 N–H and O–H groups in total. The van der Waals surface area contributed by atoms with Gasteiger partial charge in [0.25, 0.3) is 0 Å². The number of carbonyl (C=O) groups is 1. The Labute approximate surface area is 181 Å². The summed E-state index contributed by atoms with van der Waals surface area (Å²) < 4.78 is 13.4. The molecule has 1 aromatic carbocycles. The number of aliphatic hydroxyl groups excluding tert-OH is 2. The Bertz CT molecular complexity index is 916. The van der Waals surface area contributed by atoms with E-state index in [-0.39, 0.29) is 30.5 Å². The van der Waals surface area contributed by atoms with Crippen molar-refractivity contribution in [3.63, 3.8) is 0 Å². The molecular formula is C22H30FN5O3. The summed E-state index contributed by atoms with van der Waals surface area (Å²) in [6.07, 6.45) is 1.14. The summed E-state index contributed by atoms with van der Waals surface area (Å²) >= 11 is 0. The summed E-state index contributed by atoms with van der Waals surface area (Å²) in [6.45, 7) is 3.94.